The molecular formula is C30H44N4O5S. The standard InChI is InChI=1S/C29H40N4O4S.CH4O/c1-5-19(2)22(18-34)31-27(37)25-29(3,4)38-28(33-25)24(26(36)30-17-21-14-10-7-11-15-21)32-23(35)16-20-12-8-6-9-13-20;1-2/h6-15,19,22,24-25,28,33-34H,5,16-18H2,1-4H3,(H,30,36)(H,31,37)(H,32,35);2H,1H3/t19?,22?,24-,25+,28-;/m1./s1. The van der Waals surface area contributed by atoms with E-state index in [1.807, 2.05) is 88.4 Å². The third kappa shape index (κ3) is 9.62. The molecule has 10 heteroatoms. The molecule has 0 spiro atoms. The molecular weight excluding hydrogens is 528 g/mol. The Morgan fingerprint density at radius 1 is 0.975 bits per heavy atom. The van der Waals surface area contributed by atoms with E-state index >= 15 is 0 Å². The highest BCUT2D eigenvalue weighted by Gasteiger charge is 2.49. The Hall–Kier alpha value is -2.92. The Balaban J connectivity index is 0.00000274. The smallest absolute Gasteiger partial charge is 0.245 e. The lowest BCUT2D eigenvalue weighted by Gasteiger charge is -2.28. The van der Waals surface area contributed by atoms with Crippen molar-refractivity contribution in [1.29, 1.82) is 0 Å². The minimum atomic E-state index is -0.903. The number of hydrogen-bond donors (Lipinski definition) is 6. The van der Waals surface area contributed by atoms with Crippen molar-refractivity contribution in [3.63, 3.8) is 0 Å². The molecule has 0 bridgehead atoms. The highest BCUT2D eigenvalue weighted by Crippen LogP contribution is 2.39. The fourth-order valence-corrected chi connectivity index (χ4v) is 5.95. The summed E-state index contributed by atoms with van der Waals surface area (Å²) in [5.74, 6) is -0.722. The monoisotopic (exact) mass is 572 g/mol. The van der Waals surface area contributed by atoms with Gasteiger partial charge in [-0.2, -0.15) is 0 Å². The van der Waals surface area contributed by atoms with Gasteiger partial charge in [-0.25, -0.2) is 0 Å². The Kier molecular flexibility index (Phi) is 13.6. The quantitative estimate of drug-likeness (QED) is 0.229. The number of benzene rings is 2. The van der Waals surface area contributed by atoms with Crippen molar-refractivity contribution in [2.75, 3.05) is 13.7 Å². The van der Waals surface area contributed by atoms with Gasteiger partial charge in [-0.1, -0.05) is 80.9 Å². The molecule has 0 aliphatic carbocycles. The maximum absolute atomic E-state index is 13.4. The van der Waals surface area contributed by atoms with E-state index in [0.29, 0.717) is 6.54 Å². The van der Waals surface area contributed by atoms with Crippen molar-refractivity contribution in [2.45, 2.75) is 75.3 Å². The summed E-state index contributed by atoms with van der Waals surface area (Å²) in [6, 6.07) is 17.0. The summed E-state index contributed by atoms with van der Waals surface area (Å²) in [4.78, 5) is 39.7. The number of hydrogen-bond acceptors (Lipinski definition) is 7. The first-order valence-corrected chi connectivity index (χ1v) is 14.5. The molecule has 9 nitrogen and oxygen atoms in total. The van der Waals surface area contributed by atoms with Crippen LogP contribution in [0.5, 0.6) is 0 Å². The van der Waals surface area contributed by atoms with Gasteiger partial charge >= 0.3 is 0 Å². The minimum Gasteiger partial charge on any atom is -0.400 e. The summed E-state index contributed by atoms with van der Waals surface area (Å²) in [5.41, 5.74) is 1.79. The summed E-state index contributed by atoms with van der Waals surface area (Å²) >= 11 is 1.45. The van der Waals surface area contributed by atoms with Gasteiger partial charge in [0, 0.05) is 18.4 Å². The van der Waals surface area contributed by atoms with Crippen molar-refractivity contribution in [3.8, 4) is 0 Å². The summed E-state index contributed by atoms with van der Waals surface area (Å²) < 4.78 is -0.563. The van der Waals surface area contributed by atoms with Crippen molar-refractivity contribution in [2.24, 2.45) is 5.92 Å². The second-order valence-electron chi connectivity index (χ2n) is 10.3. The maximum atomic E-state index is 13.4. The molecule has 2 aromatic rings. The van der Waals surface area contributed by atoms with Crippen LogP contribution in [0.3, 0.4) is 0 Å². The second-order valence-corrected chi connectivity index (χ2v) is 12.1. The van der Waals surface area contributed by atoms with Gasteiger partial charge in [0.2, 0.25) is 17.7 Å². The molecule has 0 aromatic heterocycles. The van der Waals surface area contributed by atoms with Crippen LogP contribution in [0.15, 0.2) is 60.7 Å². The topological polar surface area (TPSA) is 140 Å². The first-order valence-electron chi connectivity index (χ1n) is 13.6. The first kappa shape index (κ1) is 33.3. The highest BCUT2D eigenvalue weighted by molar-refractivity contribution is 8.01. The summed E-state index contributed by atoms with van der Waals surface area (Å²) in [6.45, 7) is 8.06. The van der Waals surface area contributed by atoms with E-state index in [2.05, 4.69) is 21.3 Å². The van der Waals surface area contributed by atoms with Crippen LogP contribution in [0.25, 0.3) is 0 Å². The number of aliphatic hydroxyl groups excluding tert-OH is 2. The van der Waals surface area contributed by atoms with Gasteiger partial charge in [0.1, 0.15) is 12.1 Å². The normalized spacial score (nSPS) is 19.8. The van der Waals surface area contributed by atoms with E-state index in [9.17, 15) is 19.5 Å². The number of amides is 3. The van der Waals surface area contributed by atoms with Gasteiger partial charge in [0.25, 0.3) is 0 Å². The van der Waals surface area contributed by atoms with Crippen LogP contribution in [-0.4, -0.2) is 69.9 Å². The first-order chi connectivity index (χ1) is 19.1. The second kappa shape index (κ2) is 16.4. The molecule has 0 saturated carbocycles. The zero-order valence-corrected chi connectivity index (χ0v) is 24.8. The number of rotatable bonds is 12. The summed E-state index contributed by atoms with van der Waals surface area (Å²) in [5, 5.41) is 28.4. The molecule has 6 N–H and O–H groups in total. The highest BCUT2D eigenvalue weighted by atomic mass is 32.2. The van der Waals surface area contributed by atoms with E-state index in [0.717, 1.165) is 24.7 Å². The third-order valence-electron chi connectivity index (χ3n) is 6.99. The zero-order chi connectivity index (χ0) is 29.7. The third-order valence-corrected chi connectivity index (χ3v) is 8.50. The Labute approximate surface area is 241 Å². The SMILES string of the molecule is CCC(C)C(CO)NC(=O)[C@@H]1N[C@@H]([C@H](NC(=O)Cc2ccccc2)C(=O)NCc2ccccc2)SC1(C)C.CO. The zero-order valence-electron chi connectivity index (χ0n) is 24.0. The van der Waals surface area contributed by atoms with Gasteiger partial charge in [-0.05, 0) is 30.9 Å². The van der Waals surface area contributed by atoms with Crippen LogP contribution < -0.4 is 21.3 Å². The largest absolute Gasteiger partial charge is 0.400 e. The molecule has 1 aliphatic heterocycles. The predicted molar refractivity (Wildman–Crippen MR) is 159 cm³/mol. The summed E-state index contributed by atoms with van der Waals surface area (Å²) in [7, 11) is 1.00. The number of carbonyl (C=O) groups is 3. The van der Waals surface area contributed by atoms with E-state index in [1.54, 1.807) is 0 Å². The van der Waals surface area contributed by atoms with Crippen LogP contribution >= 0.6 is 11.8 Å². The molecule has 5 atom stereocenters. The lowest BCUT2D eigenvalue weighted by atomic mass is 9.97. The van der Waals surface area contributed by atoms with Crippen LogP contribution in [0, 0.1) is 5.92 Å². The lowest BCUT2D eigenvalue weighted by Crippen LogP contribution is -2.59. The molecule has 2 aromatic carbocycles. The number of carbonyl (C=O) groups excluding carboxylic acids is 3. The van der Waals surface area contributed by atoms with Crippen LogP contribution in [-0.2, 0) is 27.3 Å². The van der Waals surface area contributed by atoms with Gasteiger partial charge in [-0.3, -0.25) is 19.7 Å². The predicted octanol–water partition coefficient (Wildman–Crippen LogP) is 1.97. The van der Waals surface area contributed by atoms with E-state index < -0.39 is 22.2 Å². The Morgan fingerprint density at radius 2 is 1.55 bits per heavy atom. The lowest BCUT2D eigenvalue weighted by molar-refractivity contribution is -0.129. The number of thioether (sulfide) groups is 1. The molecule has 3 rings (SSSR count). The van der Waals surface area contributed by atoms with Gasteiger partial charge < -0.3 is 26.2 Å². The fourth-order valence-electron chi connectivity index (χ4n) is 4.45. The van der Waals surface area contributed by atoms with Crippen LogP contribution in [0.2, 0.25) is 0 Å². The molecule has 3 amide bonds. The van der Waals surface area contributed by atoms with E-state index in [4.69, 9.17) is 5.11 Å². The number of nitrogens with one attached hydrogen (secondary N) is 4. The average molecular weight is 573 g/mol. The molecule has 220 valence electrons. The molecule has 1 heterocycles. The minimum absolute atomic E-state index is 0.116. The van der Waals surface area contributed by atoms with E-state index in [1.165, 1.54) is 11.8 Å². The molecule has 1 fully saturated rings. The van der Waals surface area contributed by atoms with Crippen molar-refractivity contribution in [3.05, 3.63) is 71.8 Å². The van der Waals surface area contributed by atoms with Gasteiger partial charge in [0.05, 0.1) is 24.4 Å². The van der Waals surface area contributed by atoms with Crippen molar-refractivity contribution in [1.82, 2.24) is 21.3 Å². The van der Waals surface area contributed by atoms with Gasteiger partial charge in [-0.15, -0.1) is 11.8 Å². The fraction of sp³-hybridized carbons (Fsp3) is 0.500. The Morgan fingerprint density at radius 3 is 2.10 bits per heavy atom. The Bertz CT molecular complexity index is 1070. The molecule has 1 saturated heterocycles. The average Bonchev–Trinajstić information content (AvgIpc) is 3.29. The molecule has 0 radical (unpaired) electrons. The van der Waals surface area contributed by atoms with E-state index in [-0.39, 0.29) is 42.7 Å². The van der Waals surface area contributed by atoms with Gasteiger partial charge in [0.15, 0.2) is 0 Å². The molecule has 1 aliphatic rings. The van der Waals surface area contributed by atoms with Crippen LogP contribution in [0.4, 0.5) is 0 Å². The molecule has 2 unspecified atom stereocenters. The van der Waals surface area contributed by atoms with Crippen molar-refractivity contribution >= 4 is 29.5 Å². The van der Waals surface area contributed by atoms with Crippen LogP contribution in [0.1, 0.15) is 45.2 Å². The maximum Gasteiger partial charge on any atom is 0.245 e. The summed E-state index contributed by atoms with van der Waals surface area (Å²) in [6.07, 6.45) is 0.961. The number of aliphatic hydroxyl groups is 2. The molecule has 40 heavy (non-hydrogen) atoms. The van der Waals surface area contributed by atoms with Crippen molar-refractivity contribution < 1.29 is 24.6 Å².